The fraction of sp³-hybridized carbons (Fsp3) is 0.188. The number of hydrogen-bond acceptors (Lipinski definition) is 6. The molecule has 11 heteroatoms. The van der Waals surface area contributed by atoms with Crippen LogP contribution < -0.4 is 4.84 Å². The van der Waals surface area contributed by atoms with E-state index in [1.54, 1.807) is 35.0 Å². The third kappa shape index (κ3) is 3.22. The fourth-order valence-corrected chi connectivity index (χ4v) is 3.65. The van der Waals surface area contributed by atoms with Gasteiger partial charge in [0.05, 0.1) is 15.6 Å². The molecule has 0 bridgehead atoms. The van der Waals surface area contributed by atoms with Crippen molar-refractivity contribution in [3.05, 3.63) is 53.4 Å². The molecule has 27 heavy (non-hydrogen) atoms. The number of fused-ring (bicyclic) bond motifs is 2. The normalized spacial score (nSPS) is 12.3. The third-order valence-electron chi connectivity index (χ3n) is 3.96. The zero-order valence-corrected chi connectivity index (χ0v) is 16.0. The summed E-state index contributed by atoms with van der Waals surface area (Å²) in [6.45, 7) is 0.127. The van der Waals surface area contributed by atoms with E-state index in [0.717, 1.165) is 9.95 Å². The molecule has 1 aromatic carbocycles. The van der Waals surface area contributed by atoms with Gasteiger partial charge >= 0.3 is 0 Å². The lowest BCUT2D eigenvalue weighted by atomic mass is 10.3. The van der Waals surface area contributed by atoms with E-state index in [1.165, 1.54) is 31.1 Å². The lowest BCUT2D eigenvalue weighted by Crippen LogP contribution is -2.22. The second-order valence-electron chi connectivity index (χ2n) is 6.02. The third-order valence-corrected chi connectivity index (χ3v) is 6.00. The molecule has 0 aliphatic rings. The molecule has 0 spiro atoms. The van der Waals surface area contributed by atoms with Crippen LogP contribution in [0, 0.1) is 0 Å². The van der Waals surface area contributed by atoms with Gasteiger partial charge in [0.2, 0.25) is 10.0 Å². The Morgan fingerprint density at radius 2 is 2.00 bits per heavy atom. The van der Waals surface area contributed by atoms with Gasteiger partial charge in [-0.05, 0) is 35.5 Å². The van der Waals surface area contributed by atoms with Crippen molar-refractivity contribution in [1.82, 2.24) is 28.8 Å². The van der Waals surface area contributed by atoms with Gasteiger partial charge in [-0.25, -0.2) is 17.7 Å². The molecule has 9 nitrogen and oxygen atoms in total. The average Bonchev–Trinajstić information content (AvgIpc) is 3.22. The number of pyridine rings is 1. The summed E-state index contributed by atoms with van der Waals surface area (Å²) in [6, 6.07) is 8.11. The summed E-state index contributed by atoms with van der Waals surface area (Å²) in [5.41, 5.74) is 2.37. The Labute approximate surface area is 159 Å². The van der Waals surface area contributed by atoms with E-state index in [0.29, 0.717) is 21.7 Å². The summed E-state index contributed by atoms with van der Waals surface area (Å²) in [6.07, 6.45) is 3.54. The highest BCUT2D eigenvalue weighted by Crippen LogP contribution is 2.19. The topological polar surface area (TPSA) is 94.6 Å². The Balaban J connectivity index is 1.63. The molecule has 4 aromatic rings. The van der Waals surface area contributed by atoms with Crippen molar-refractivity contribution in [2.24, 2.45) is 0 Å². The van der Waals surface area contributed by atoms with Gasteiger partial charge in [-0.15, -0.1) is 5.10 Å². The molecule has 3 aromatic heterocycles. The second-order valence-corrected chi connectivity index (χ2v) is 8.61. The molecule has 0 amide bonds. The minimum Gasteiger partial charge on any atom is -0.388 e. The summed E-state index contributed by atoms with van der Waals surface area (Å²) in [5.74, 6) is 0. The van der Waals surface area contributed by atoms with Crippen molar-refractivity contribution in [2.75, 3.05) is 14.1 Å². The molecule has 0 fully saturated rings. The van der Waals surface area contributed by atoms with Crippen molar-refractivity contribution in [3.63, 3.8) is 0 Å². The number of nitrogens with zero attached hydrogens (tertiary/aromatic N) is 6. The fourth-order valence-electron chi connectivity index (χ4n) is 2.56. The standard InChI is InChI=1S/C16H15ClN6O3S/c1-21(2)27(24,25)13-4-5-14-15(7-13)23(20-19-14)26-10-12-9-22-8-11(17)3-6-16(22)18-12/h3-9H,10H2,1-2H3. The lowest BCUT2D eigenvalue weighted by molar-refractivity contribution is 0.0733. The Kier molecular flexibility index (Phi) is 4.25. The number of sulfonamides is 1. The van der Waals surface area contributed by atoms with E-state index in [9.17, 15) is 8.42 Å². The van der Waals surface area contributed by atoms with Gasteiger partial charge in [0.15, 0.2) is 6.61 Å². The molecule has 0 N–H and O–H groups in total. The van der Waals surface area contributed by atoms with Crippen molar-refractivity contribution < 1.29 is 13.3 Å². The summed E-state index contributed by atoms with van der Waals surface area (Å²) >= 11 is 5.97. The highest BCUT2D eigenvalue weighted by Gasteiger charge is 2.19. The summed E-state index contributed by atoms with van der Waals surface area (Å²) in [5, 5.41) is 8.52. The molecule has 4 rings (SSSR count). The first-order valence-electron chi connectivity index (χ1n) is 7.89. The highest BCUT2D eigenvalue weighted by atomic mass is 35.5. The van der Waals surface area contributed by atoms with Gasteiger partial charge in [-0.1, -0.05) is 16.4 Å². The first-order chi connectivity index (χ1) is 12.8. The zero-order valence-electron chi connectivity index (χ0n) is 14.4. The number of halogens is 1. The van der Waals surface area contributed by atoms with Crippen LogP contribution in [-0.4, -0.2) is 51.4 Å². The summed E-state index contributed by atoms with van der Waals surface area (Å²) < 4.78 is 27.6. The highest BCUT2D eigenvalue weighted by molar-refractivity contribution is 7.89. The molecular weight excluding hydrogens is 392 g/mol. The van der Waals surface area contributed by atoms with Crippen molar-refractivity contribution in [1.29, 1.82) is 0 Å². The van der Waals surface area contributed by atoms with E-state index in [2.05, 4.69) is 15.3 Å². The zero-order chi connectivity index (χ0) is 19.2. The van der Waals surface area contributed by atoms with Gasteiger partial charge in [0.25, 0.3) is 0 Å². The molecule has 0 atom stereocenters. The van der Waals surface area contributed by atoms with E-state index in [4.69, 9.17) is 16.4 Å². The van der Waals surface area contributed by atoms with E-state index in [1.807, 2.05) is 0 Å². The van der Waals surface area contributed by atoms with E-state index >= 15 is 0 Å². The van der Waals surface area contributed by atoms with Crippen LogP contribution in [0.3, 0.4) is 0 Å². The van der Waals surface area contributed by atoms with Crippen LogP contribution in [0.5, 0.6) is 0 Å². The van der Waals surface area contributed by atoms with Crippen LogP contribution in [-0.2, 0) is 16.6 Å². The number of benzene rings is 1. The number of aromatic nitrogens is 5. The summed E-state index contributed by atoms with van der Waals surface area (Å²) in [7, 11) is -0.624. The van der Waals surface area contributed by atoms with Crippen LogP contribution in [0.1, 0.15) is 5.69 Å². The maximum atomic E-state index is 12.3. The van der Waals surface area contributed by atoms with Crippen LogP contribution in [0.2, 0.25) is 5.02 Å². The van der Waals surface area contributed by atoms with Crippen LogP contribution in [0.25, 0.3) is 16.7 Å². The first-order valence-corrected chi connectivity index (χ1v) is 9.71. The molecule has 0 radical (unpaired) electrons. The van der Waals surface area contributed by atoms with Crippen molar-refractivity contribution in [3.8, 4) is 0 Å². The first kappa shape index (κ1) is 17.7. The maximum absolute atomic E-state index is 12.3. The van der Waals surface area contributed by atoms with Crippen molar-refractivity contribution in [2.45, 2.75) is 11.5 Å². The van der Waals surface area contributed by atoms with Crippen LogP contribution >= 0.6 is 11.6 Å². The number of imidazole rings is 1. The lowest BCUT2D eigenvalue weighted by Gasteiger charge is -2.11. The van der Waals surface area contributed by atoms with Gasteiger partial charge in [-0.3, -0.25) is 0 Å². The predicted octanol–water partition coefficient (Wildman–Crippen LogP) is 1.61. The van der Waals surface area contributed by atoms with E-state index in [-0.39, 0.29) is 11.5 Å². The van der Waals surface area contributed by atoms with Crippen LogP contribution in [0.15, 0.2) is 47.6 Å². The molecule has 3 heterocycles. The monoisotopic (exact) mass is 406 g/mol. The SMILES string of the molecule is CN(C)S(=O)(=O)c1ccc2nnn(OCc3cn4cc(Cl)ccc4n3)c2c1. The van der Waals surface area contributed by atoms with E-state index < -0.39 is 10.0 Å². The van der Waals surface area contributed by atoms with Crippen molar-refractivity contribution >= 4 is 38.3 Å². The molecule has 0 saturated carbocycles. The largest absolute Gasteiger partial charge is 0.388 e. The maximum Gasteiger partial charge on any atom is 0.242 e. The minimum atomic E-state index is -3.57. The number of rotatable bonds is 5. The van der Waals surface area contributed by atoms with Gasteiger partial charge in [0, 0.05) is 26.5 Å². The predicted molar refractivity (Wildman–Crippen MR) is 98.9 cm³/mol. The summed E-state index contributed by atoms with van der Waals surface area (Å²) in [4.78, 5) is 11.4. The molecule has 0 saturated heterocycles. The second kappa shape index (κ2) is 6.48. The average molecular weight is 407 g/mol. The Hall–Kier alpha value is -2.69. The number of hydrogen-bond donors (Lipinski definition) is 0. The molecule has 0 aliphatic heterocycles. The Morgan fingerprint density at radius 1 is 1.19 bits per heavy atom. The van der Waals surface area contributed by atoms with Gasteiger partial charge in [0.1, 0.15) is 16.7 Å². The minimum absolute atomic E-state index is 0.127. The van der Waals surface area contributed by atoms with Gasteiger partial charge < -0.3 is 9.24 Å². The van der Waals surface area contributed by atoms with Crippen LogP contribution in [0.4, 0.5) is 0 Å². The Morgan fingerprint density at radius 3 is 2.78 bits per heavy atom. The molecule has 140 valence electrons. The molecular formula is C16H15ClN6O3S. The molecule has 0 aliphatic carbocycles. The molecule has 0 unspecified atom stereocenters. The smallest absolute Gasteiger partial charge is 0.242 e. The Bertz CT molecular complexity index is 1250. The quantitative estimate of drug-likeness (QED) is 0.499. The van der Waals surface area contributed by atoms with Gasteiger partial charge in [-0.2, -0.15) is 0 Å².